The first-order chi connectivity index (χ1) is 4.97. The van der Waals surface area contributed by atoms with E-state index in [2.05, 4.69) is 9.98 Å². The van der Waals surface area contributed by atoms with E-state index in [0.717, 1.165) is 13.1 Å². The van der Waals surface area contributed by atoms with Crippen LogP contribution in [0.15, 0.2) is 9.98 Å². The van der Waals surface area contributed by atoms with Gasteiger partial charge < -0.3 is 9.47 Å². The fraction of sp³-hybridized carbons (Fsp3) is 0.667. The van der Waals surface area contributed by atoms with Crippen molar-refractivity contribution in [2.24, 2.45) is 9.98 Å². The SMILES string of the molecule is C1COC(C2=NCCO2)=N1.[Ru+2]. The summed E-state index contributed by atoms with van der Waals surface area (Å²) in [7, 11) is 0. The van der Waals surface area contributed by atoms with Crippen LogP contribution in [0.3, 0.4) is 0 Å². The molecule has 0 aromatic rings. The van der Waals surface area contributed by atoms with Crippen LogP contribution in [0.5, 0.6) is 0 Å². The Bertz CT molecular complexity index is 181. The van der Waals surface area contributed by atoms with E-state index in [9.17, 15) is 0 Å². The van der Waals surface area contributed by atoms with Gasteiger partial charge in [0.05, 0.1) is 13.1 Å². The Morgan fingerprint density at radius 2 is 1.36 bits per heavy atom. The summed E-state index contributed by atoms with van der Waals surface area (Å²) in [4.78, 5) is 8.11. The molecule has 0 saturated carbocycles. The van der Waals surface area contributed by atoms with Crippen molar-refractivity contribution in [1.82, 2.24) is 0 Å². The Morgan fingerprint density at radius 3 is 1.64 bits per heavy atom. The average Bonchev–Trinajstić information content (AvgIpc) is 2.59. The van der Waals surface area contributed by atoms with Crippen LogP contribution in [-0.4, -0.2) is 38.1 Å². The number of hydrogen-bond acceptors (Lipinski definition) is 4. The van der Waals surface area contributed by atoms with Gasteiger partial charge in [0.1, 0.15) is 13.2 Å². The van der Waals surface area contributed by atoms with Gasteiger partial charge in [0.25, 0.3) is 11.8 Å². The van der Waals surface area contributed by atoms with E-state index in [1.165, 1.54) is 0 Å². The molecule has 0 atom stereocenters. The van der Waals surface area contributed by atoms with Crippen molar-refractivity contribution in [1.29, 1.82) is 0 Å². The molecular weight excluding hydrogens is 233 g/mol. The maximum atomic E-state index is 5.13. The molecule has 2 heterocycles. The van der Waals surface area contributed by atoms with Crippen LogP contribution in [0.1, 0.15) is 0 Å². The van der Waals surface area contributed by atoms with Crippen LogP contribution < -0.4 is 0 Å². The van der Waals surface area contributed by atoms with Crippen LogP contribution in [0.2, 0.25) is 0 Å². The summed E-state index contributed by atoms with van der Waals surface area (Å²) >= 11 is 0. The molecule has 0 aromatic carbocycles. The van der Waals surface area contributed by atoms with Gasteiger partial charge in [-0.05, 0) is 0 Å². The maximum Gasteiger partial charge on any atom is 2.00 e. The molecule has 4 nitrogen and oxygen atoms in total. The summed E-state index contributed by atoms with van der Waals surface area (Å²) in [5.41, 5.74) is 0. The smallest absolute Gasteiger partial charge is 0.472 e. The second-order valence-corrected chi connectivity index (χ2v) is 2.07. The third kappa shape index (κ3) is 1.77. The zero-order valence-corrected chi connectivity index (χ0v) is 7.63. The summed E-state index contributed by atoms with van der Waals surface area (Å²) in [6.07, 6.45) is 0. The van der Waals surface area contributed by atoms with Gasteiger partial charge in [0, 0.05) is 0 Å². The van der Waals surface area contributed by atoms with Gasteiger partial charge in [-0.1, -0.05) is 0 Å². The van der Waals surface area contributed by atoms with Gasteiger partial charge in [-0.3, -0.25) is 0 Å². The summed E-state index contributed by atoms with van der Waals surface area (Å²) in [6.45, 7) is 2.80. The zero-order valence-electron chi connectivity index (χ0n) is 5.89. The Balaban J connectivity index is 0.000000605. The van der Waals surface area contributed by atoms with Gasteiger partial charge in [-0.25, -0.2) is 9.98 Å². The van der Waals surface area contributed by atoms with Crippen LogP contribution in [-0.2, 0) is 29.0 Å². The van der Waals surface area contributed by atoms with Gasteiger partial charge in [-0.2, -0.15) is 0 Å². The Morgan fingerprint density at radius 1 is 0.909 bits per heavy atom. The fourth-order valence-corrected chi connectivity index (χ4v) is 0.929. The zero-order chi connectivity index (χ0) is 6.81. The molecule has 0 unspecified atom stereocenters. The number of hydrogen-bond donors (Lipinski definition) is 0. The van der Waals surface area contributed by atoms with Crippen LogP contribution in [0, 0.1) is 0 Å². The van der Waals surface area contributed by atoms with Crippen molar-refractivity contribution in [2.45, 2.75) is 0 Å². The molecule has 2 aliphatic rings. The van der Waals surface area contributed by atoms with Crippen LogP contribution in [0.4, 0.5) is 0 Å². The number of ether oxygens (including phenoxy) is 2. The molecule has 2 aliphatic heterocycles. The molecule has 0 N–H and O–H groups in total. The van der Waals surface area contributed by atoms with Gasteiger partial charge >= 0.3 is 19.5 Å². The second kappa shape index (κ2) is 3.81. The normalized spacial score (nSPS) is 21.1. The number of aliphatic imine (C=N–C) groups is 2. The topological polar surface area (TPSA) is 43.2 Å². The third-order valence-electron chi connectivity index (χ3n) is 1.35. The van der Waals surface area contributed by atoms with Crippen molar-refractivity contribution in [3.8, 4) is 0 Å². The Hall–Kier alpha value is -0.437. The summed E-state index contributed by atoms with van der Waals surface area (Å²) in [5.74, 6) is 1.16. The first-order valence-electron chi connectivity index (χ1n) is 3.32. The predicted octanol–water partition coefficient (Wildman–Crippen LogP) is -0.159. The Labute approximate surface area is 77.5 Å². The van der Waals surface area contributed by atoms with Crippen molar-refractivity contribution in [3.63, 3.8) is 0 Å². The summed E-state index contributed by atoms with van der Waals surface area (Å²) in [6, 6.07) is 0. The standard InChI is InChI=1S/C6H8N2O2.Ru/c1-3-9-5(7-1)6-8-2-4-10-6;/h1-4H2;/q;+2. The van der Waals surface area contributed by atoms with Crippen molar-refractivity contribution < 1.29 is 29.0 Å². The molecule has 0 aliphatic carbocycles. The average molecular weight is 241 g/mol. The molecule has 60 valence electrons. The fourth-order valence-electron chi connectivity index (χ4n) is 0.929. The first-order valence-corrected chi connectivity index (χ1v) is 3.32. The molecule has 0 spiro atoms. The quantitative estimate of drug-likeness (QED) is 0.599. The van der Waals surface area contributed by atoms with Crippen molar-refractivity contribution in [3.05, 3.63) is 0 Å². The minimum atomic E-state index is 0. The minimum absolute atomic E-state index is 0. The molecule has 5 heteroatoms. The van der Waals surface area contributed by atoms with Gasteiger partial charge in [0.15, 0.2) is 0 Å². The molecule has 0 saturated heterocycles. The molecular formula is C6H8N2O2Ru+2. The number of nitrogens with zero attached hydrogens (tertiary/aromatic N) is 2. The van der Waals surface area contributed by atoms with E-state index in [0.29, 0.717) is 25.0 Å². The first kappa shape index (κ1) is 8.66. The van der Waals surface area contributed by atoms with E-state index in [1.54, 1.807) is 0 Å². The van der Waals surface area contributed by atoms with Crippen molar-refractivity contribution >= 4 is 11.8 Å². The maximum absolute atomic E-state index is 5.13. The summed E-state index contributed by atoms with van der Waals surface area (Å²) in [5, 5.41) is 0. The molecule has 0 aromatic heterocycles. The van der Waals surface area contributed by atoms with E-state index in [1.807, 2.05) is 0 Å². The molecule has 0 bridgehead atoms. The third-order valence-corrected chi connectivity index (χ3v) is 1.35. The van der Waals surface area contributed by atoms with Crippen LogP contribution >= 0.6 is 0 Å². The van der Waals surface area contributed by atoms with E-state index < -0.39 is 0 Å². The Kier molecular flexibility index (Phi) is 3.00. The van der Waals surface area contributed by atoms with E-state index >= 15 is 0 Å². The van der Waals surface area contributed by atoms with E-state index in [4.69, 9.17) is 9.47 Å². The largest absolute Gasteiger partial charge is 2.00 e. The van der Waals surface area contributed by atoms with Crippen LogP contribution in [0.25, 0.3) is 0 Å². The molecule has 11 heavy (non-hydrogen) atoms. The molecule has 0 fully saturated rings. The monoisotopic (exact) mass is 242 g/mol. The number of rotatable bonds is 1. The van der Waals surface area contributed by atoms with Gasteiger partial charge in [0.2, 0.25) is 0 Å². The predicted molar refractivity (Wildman–Crippen MR) is 36.5 cm³/mol. The molecule has 0 amide bonds. The minimum Gasteiger partial charge on any atom is -0.472 e. The second-order valence-electron chi connectivity index (χ2n) is 2.07. The van der Waals surface area contributed by atoms with Gasteiger partial charge in [-0.15, -0.1) is 0 Å². The molecule has 2 rings (SSSR count). The molecule has 0 radical (unpaired) electrons. The summed E-state index contributed by atoms with van der Waals surface area (Å²) < 4.78 is 10.3. The van der Waals surface area contributed by atoms with Crippen molar-refractivity contribution in [2.75, 3.05) is 26.3 Å². The van der Waals surface area contributed by atoms with E-state index in [-0.39, 0.29) is 19.5 Å².